The number of H-pyrrole nitrogens is 1. The molecule has 0 bridgehead atoms. The number of fused-ring (bicyclic) bond motifs is 1. The molecule has 106 valence electrons. The number of rotatable bonds is 3. The maximum absolute atomic E-state index is 12.8. The minimum Gasteiger partial charge on any atom is -0.496 e. The fourth-order valence-corrected chi connectivity index (χ4v) is 2.63. The number of halogens is 1. The van der Waals surface area contributed by atoms with Crippen molar-refractivity contribution in [1.82, 2.24) is 4.98 Å². The summed E-state index contributed by atoms with van der Waals surface area (Å²) in [6, 6.07) is 10.6. The highest BCUT2D eigenvalue weighted by Crippen LogP contribution is 2.31. The van der Waals surface area contributed by atoms with Crippen molar-refractivity contribution in [3.8, 4) is 5.75 Å². The second kappa shape index (κ2) is 5.14. The molecule has 0 aliphatic rings. The van der Waals surface area contributed by atoms with E-state index in [-0.39, 0.29) is 5.78 Å². The van der Waals surface area contributed by atoms with Gasteiger partial charge in [-0.05, 0) is 18.2 Å². The molecule has 4 nitrogen and oxygen atoms in total. The average molecular weight is 301 g/mol. The number of nitrogens with two attached hydrogens (primary N) is 1. The van der Waals surface area contributed by atoms with Crippen LogP contribution >= 0.6 is 11.6 Å². The molecule has 0 saturated heterocycles. The van der Waals surface area contributed by atoms with Gasteiger partial charge in [0.1, 0.15) is 5.75 Å². The maximum Gasteiger partial charge on any atom is 0.200 e. The van der Waals surface area contributed by atoms with E-state index in [1.165, 1.54) is 7.11 Å². The van der Waals surface area contributed by atoms with E-state index in [1.807, 2.05) is 6.07 Å². The van der Waals surface area contributed by atoms with E-state index in [9.17, 15) is 4.79 Å². The highest BCUT2D eigenvalue weighted by Gasteiger charge is 2.21. The molecule has 0 amide bonds. The normalized spacial score (nSPS) is 10.8. The van der Waals surface area contributed by atoms with Gasteiger partial charge >= 0.3 is 0 Å². The first kappa shape index (κ1) is 13.5. The Bertz CT molecular complexity index is 839. The van der Waals surface area contributed by atoms with Gasteiger partial charge in [0.15, 0.2) is 0 Å². The Hall–Kier alpha value is -2.46. The predicted octanol–water partition coefficient (Wildman–Crippen LogP) is 3.64. The lowest BCUT2D eigenvalue weighted by Gasteiger charge is -2.09. The van der Waals surface area contributed by atoms with Gasteiger partial charge in [-0.2, -0.15) is 0 Å². The Morgan fingerprint density at radius 1 is 1.24 bits per heavy atom. The summed E-state index contributed by atoms with van der Waals surface area (Å²) in [7, 11) is 1.51. The summed E-state index contributed by atoms with van der Waals surface area (Å²) in [6.07, 6.45) is 1.64. The number of anilines is 1. The largest absolute Gasteiger partial charge is 0.496 e. The van der Waals surface area contributed by atoms with Gasteiger partial charge in [0.25, 0.3) is 0 Å². The molecule has 1 aromatic heterocycles. The highest BCUT2D eigenvalue weighted by molar-refractivity contribution is 6.36. The number of methoxy groups -OCH3 is 1. The number of carbonyl (C=O) groups is 1. The third kappa shape index (κ3) is 2.14. The third-order valence-corrected chi connectivity index (χ3v) is 3.73. The lowest BCUT2D eigenvalue weighted by atomic mass is 10.0. The molecule has 2 aromatic carbocycles. The van der Waals surface area contributed by atoms with Gasteiger partial charge in [-0.15, -0.1) is 0 Å². The van der Waals surface area contributed by atoms with Crippen molar-refractivity contribution in [2.24, 2.45) is 0 Å². The summed E-state index contributed by atoms with van der Waals surface area (Å²) in [6.45, 7) is 0. The number of aromatic amines is 1. The molecule has 0 saturated carbocycles. The number of nitrogens with one attached hydrogen (secondary N) is 1. The van der Waals surface area contributed by atoms with Crippen molar-refractivity contribution in [1.29, 1.82) is 0 Å². The van der Waals surface area contributed by atoms with Crippen molar-refractivity contribution in [3.63, 3.8) is 0 Å². The SMILES string of the molecule is COc1cccc(N)c1C(=O)c1c[nH]c2c(Cl)cccc12. The fraction of sp³-hybridized carbons (Fsp3) is 0.0625. The van der Waals surface area contributed by atoms with Gasteiger partial charge in [0.2, 0.25) is 5.78 Å². The molecular weight excluding hydrogens is 288 g/mol. The summed E-state index contributed by atoms with van der Waals surface area (Å²) in [5.74, 6) is 0.259. The van der Waals surface area contributed by atoms with E-state index in [0.717, 1.165) is 10.9 Å². The van der Waals surface area contributed by atoms with Crippen LogP contribution in [0.5, 0.6) is 5.75 Å². The van der Waals surface area contributed by atoms with Crippen LogP contribution in [0.15, 0.2) is 42.6 Å². The first-order chi connectivity index (χ1) is 10.1. The van der Waals surface area contributed by atoms with Crippen LogP contribution < -0.4 is 10.5 Å². The van der Waals surface area contributed by atoms with Crippen LogP contribution in [0.2, 0.25) is 5.02 Å². The van der Waals surface area contributed by atoms with E-state index in [2.05, 4.69) is 4.98 Å². The zero-order chi connectivity index (χ0) is 15.0. The Morgan fingerprint density at radius 3 is 2.76 bits per heavy atom. The second-order valence-electron chi connectivity index (χ2n) is 4.62. The summed E-state index contributed by atoms with van der Waals surface area (Å²) in [4.78, 5) is 15.8. The number of hydrogen-bond acceptors (Lipinski definition) is 3. The molecule has 3 N–H and O–H groups in total. The first-order valence-electron chi connectivity index (χ1n) is 6.36. The Morgan fingerprint density at radius 2 is 2.00 bits per heavy atom. The van der Waals surface area contributed by atoms with E-state index < -0.39 is 0 Å². The number of benzene rings is 2. The summed E-state index contributed by atoms with van der Waals surface area (Å²) in [5, 5.41) is 1.33. The molecule has 0 unspecified atom stereocenters. The van der Waals surface area contributed by atoms with Crippen LogP contribution in [0, 0.1) is 0 Å². The smallest absolute Gasteiger partial charge is 0.200 e. The van der Waals surface area contributed by atoms with Crippen molar-refractivity contribution < 1.29 is 9.53 Å². The molecular formula is C16H13ClN2O2. The Labute approximate surface area is 126 Å². The number of hydrogen-bond donors (Lipinski definition) is 2. The van der Waals surface area contributed by atoms with E-state index >= 15 is 0 Å². The molecule has 5 heteroatoms. The molecule has 0 radical (unpaired) electrons. The van der Waals surface area contributed by atoms with Gasteiger partial charge in [-0.3, -0.25) is 4.79 Å². The number of ether oxygens (including phenoxy) is 1. The standard InChI is InChI=1S/C16H13ClN2O2/c1-21-13-7-3-6-12(18)14(13)16(20)10-8-19-15-9(10)4-2-5-11(15)17/h2-8,19H,18H2,1H3. The molecule has 3 aromatic rings. The average Bonchev–Trinajstić information content (AvgIpc) is 2.91. The molecule has 0 aliphatic carbocycles. The topological polar surface area (TPSA) is 68.1 Å². The van der Waals surface area contributed by atoms with Gasteiger partial charge in [-0.1, -0.05) is 29.8 Å². The minimum absolute atomic E-state index is 0.196. The molecule has 21 heavy (non-hydrogen) atoms. The zero-order valence-electron chi connectivity index (χ0n) is 11.3. The summed E-state index contributed by atoms with van der Waals surface area (Å²) in [5.41, 5.74) is 7.94. The molecule has 0 aliphatic heterocycles. The maximum atomic E-state index is 12.8. The monoisotopic (exact) mass is 300 g/mol. The van der Waals surface area contributed by atoms with Crippen LogP contribution in [-0.2, 0) is 0 Å². The number of aromatic nitrogens is 1. The second-order valence-corrected chi connectivity index (χ2v) is 5.03. The Balaban J connectivity index is 2.20. The van der Waals surface area contributed by atoms with Crippen LogP contribution in [0.25, 0.3) is 10.9 Å². The Kier molecular flexibility index (Phi) is 3.31. The molecule has 1 heterocycles. The van der Waals surface area contributed by atoms with Crippen molar-refractivity contribution in [2.45, 2.75) is 0 Å². The van der Waals surface area contributed by atoms with Gasteiger partial charge in [-0.25, -0.2) is 0 Å². The number of nitrogen functional groups attached to an aromatic ring is 1. The lowest BCUT2D eigenvalue weighted by molar-refractivity contribution is 0.103. The summed E-state index contributed by atoms with van der Waals surface area (Å²) >= 11 is 6.12. The highest BCUT2D eigenvalue weighted by atomic mass is 35.5. The van der Waals surface area contributed by atoms with Crippen molar-refractivity contribution in [3.05, 3.63) is 58.7 Å². The van der Waals surface area contributed by atoms with Crippen molar-refractivity contribution in [2.75, 3.05) is 12.8 Å². The van der Waals surface area contributed by atoms with Crippen LogP contribution in [0.4, 0.5) is 5.69 Å². The van der Waals surface area contributed by atoms with Gasteiger partial charge in [0, 0.05) is 22.8 Å². The molecule has 0 spiro atoms. The summed E-state index contributed by atoms with van der Waals surface area (Å²) < 4.78 is 5.24. The van der Waals surface area contributed by atoms with E-state index in [0.29, 0.717) is 27.6 Å². The van der Waals surface area contributed by atoms with Gasteiger partial charge in [0.05, 0.1) is 23.2 Å². The predicted molar refractivity (Wildman–Crippen MR) is 84.1 cm³/mol. The lowest BCUT2D eigenvalue weighted by Crippen LogP contribution is -2.07. The van der Waals surface area contributed by atoms with Crippen molar-refractivity contribution >= 4 is 34.0 Å². The minimum atomic E-state index is -0.196. The van der Waals surface area contributed by atoms with E-state index in [1.54, 1.807) is 36.5 Å². The fourth-order valence-electron chi connectivity index (χ4n) is 2.40. The van der Waals surface area contributed by atoms with E-state index in [4.69, 9.17) is 22.1 Å². The number of para-hydroxylation sites is 1. The molecule has 3 rings (SSSR count). The third-order valence-electron chi connectivity index (χ3n) is 3.41. The zero-order valence-corrected chi connectivity index (χ0v) is 12.1. The number of ketones is 1. The van der Waals surface area contributed by atoms with Gasteiger partial charge < -0.3 is 15.5 Å². The molecule has 0 atom stereocenters. The molecule has 0 fully saturated rings. The van der Waals surface area contributed by atoms with Crippen LogP contribution in [0.3, 0.4) is 0 Å². The van der Waals surface area contributed by atoms with Crippen LogP contribution in [0.1, 0.15) is 15.9 Å². The number of carbonyl (C=O) groups excluding carboxylic acids is 1. The van der Waals surface area contributed by atoms with Crippen LogP contribution in [-0.4, -0.2) is 17.9 Å². The quantitative estimate of drug-likeness (QED) is 0.573. The first-order valence-corrected chi connectivity index (χ1v) is 6.74.